The van der Waals surface area contributed by atoms with Crippen molar-refractivity contribution < 1.29 is 22.7 Å². The molecule has 32 heavy (non-hydrogen) atoms. The summed E-state index contributed by atoms with van der Waals surface area (Å²) in [6.07, 6.45) is -4.03. The van der Waals surface area contributed by atoms with E-state index in [0.29, 0.717) is 29.0 Å². The number of benzene rings is 3. The van der Waals surface area contributed by atoms with E-state index in [1.807, 2.05) is 31.2 Å². The summed E-state index contributed by atoms with van der Waals surface area (Å²) in [6, 6.07) is 18.5. The molecule has 3 aromatic carbocycles. The van der Waals surface area contributed by atoms with Gasteiger partial charge in [0.2, 0.25) is 5.91 Å². The predicted octanol–water partition coefficient (Wildman–Crippen LogP) is 5.30. The maximum atomic E-state index is 13.4. The van der Waals surface area contributed by atoms with Crippen LogP contribution in [-0.4, -0.2) is 19.6 Å². The fourth-order valence-electron chi connectivity index (χ4n) is 3.43. The van der Waals surface area contributed by atoms with Crippen LogP contribution >= 0.6 is 0 Å². The molecule has 0 aliphatic carbocycles. The molecule has 4 nitrogen and oxygen atoms in total. The molecule has 2 N–H and O–H groups in total. The van der Waals surface area contributed by atoms with Crippen molar-refractivity contribution >= 4 is 11.6 Å². The number of methoxy groups -OCH3 is 1. The lowest BCUT2D eigenvalue weighted by Gasteiger charge is -2.28. The van der Waals surface area contributed by atoms with Gasteiger partial charge in [0, 0.05) is 12.6 Å². The van der Waals surface area contributed by atoms with Crippen LogP contribution in [0.4, 0.5) is 18.9 Å². The average Bonchev–Trinajstić information content (AvgIpc) is 2.80. The Morgan fingerprint density at radius 2 is 1.69 bits per heavy atom. The molecule has 3 aromatic rings. The Hall–Kier alpha value is -3.32. The van der Waals surface area contributed by atoms with E-state index in [2.05, 4.69) is 0 Å². The van der Waals surface area contributed by atoms with Gasteiger partial charge in [-0.3, -0.25) is 4.79 Å². The number of rotatable bonds is 7. The Kier molecular flexibility index (Phi) is 7.20. The zero-order chi connectivity index (χ0) is 23.3. The van der Waals surface area contributed by atoms with E-state index in [1.165, 1.54) is 12.1 Å². The van der Waals surface area contributed by atoms with Gasteiger partial charge in [0.25, 0.3) is 0 Å². The van der Waals surface area contributed by atoms with Gasteiger partial charge in [0.05, 0.1) is 18.4 Å². The highest BCUT2D eigenvalue weighted by Gasteiger charge is 2.30. The Labute approximate surface area is 185 Å². The fraction of sp³-hybridized carbons (Fsp3) is 0.240. The molecular weight excluding hydrogens is 417 g/mol. The number of nitrogens with two attached hydrogens (primary N) is 1. The van der Waals surface area contributed by atoms with E-state index in [4.69, 9.17) is 10.5 Å². The van der Waals surface area contributed by atoms with E-state index in [1.54, 1.807) is 36.3 Å². The first-order valence-corrected chi connectivity index (χ1v) is 10.1. The van der Waals surface area contributed by atoms with Crippen LogP contribution in [0.5, 0.6) is 5.75 Å². The predicted molar refractivity (Wildman–Crippen MR) is 119 cm³/mol. The second-order valence-electron chi connectivity index (χ2n) is 7.48. The number of halogens is 3. The second kappa shape index (κ2) is 9.87. The topological polar surface area (TPSA) is 55.6 Å². The summed E-state index contributed by atoms with van der Waals surface area (Å²) in [5, 5.41) is 0. The van der Waals surface area contributed by atoms with Crippen LogP contribution in [0.25, 0.3) is 0 Å². The van der Waals surface area contributed by atoms with Crippen molar-refractivity contribution in [1.82, 2.24) is 0 Å². The van der Waals surface area contributed by atoms with E-state index < -0.39 is 17.8 Å². The Bertz CT molecular complexity index is 1050. The molecule has 1 unspecified atom stereocenters. The van der Waals surface area contributed by atoms with Gasteiger partial charge in [-0.1, -0.05) is 48.5 Å². The molecule has 0 heterocycles. The van der Waals surface area contributed by atoms with Crippen LogP contribution in [0.3, 0.4) is 0 Å². The van der Waals surface area contributed by atoms with Gasteiger partial charge < -0.3 is 15.4 Å². The summed E-state index contributed by atoms with van der Waals surface area (Å²) in [5.41, 5.74) is 8.44. The van der Waals surface area contributed by atoms with Crippen LogP contribution in [0.2, 0.25) is 0 Å². The largest absolute Gasteiger partial charge is 0.497 e. The number of ether oxygens (including phenoxy) is 1. The van der Waals surface area contributed by atoms with Gasteiger partial charge in [0.15, 0.2) is 0 Å². The van der Waals surface area contributed by atoms with Gasteiger partial charge in [0.1, 0.15) is 11.8 Å². The zero-order valence-corrected chi connectivity index (χ0v) is 17.9. The Morgan fingerprint density at radius 1 is 1.03 bits per heavy atom. The molecule has 0 aromatic heterocycles. The van der Waals surface area contributed by atoms with Crippen LogP contribution < -0.4 is 15.4 Å². The van der Waals surface area contributed by atoms with Gasteiger partial charge in [-0.05, 0) is 48.2 Å². The summed E-state index contributed by atoms with van der Waals surface area (Å²) in [6.45, 7) is 2.12. The van der Waals surface area contributed by atoms with E-state index in [-0.39, 0.29) is 12.5 Å². The van der Waals surface area contributed by atoms with Crippen molar-refractivity contribution in [3.05, 3.63) is 95.1 Å². The number of hydrogen-bond donors (Lipinski definition) is 1. The van der Waals surface area contributed by atoms with E-state index >= 15 is 0 Å². The minimum Gasteiger partial charge on any atom is -0.497 e. The highest BCUT2D eigenvalue weighted by Crippen LogP contribution is 2.30. The van der Waals surface area contributed by atoms with Crippen LogP contribution in [0.15, 0.2) is 72.8 Å². The molecule has 1 amide bonds. The third kappa shape index (κ3) is 5.48. The molecule has 0 aliphatic heterocycles. The lowest BCUT2D eigenvalue weighted by molar-refractivity contribution is -0.137. The summed E-state index contributed by atoms with van der Waals surface area (Å²) in [4.78, 5) is 15.0. The summed E-state index contributed by atoms with van der Waals surface area (Å²) in [7, 11) is 1.54. The Balaban J connectivity index is 1.89. The van der Waals surface area contributed by atoms with Crippen LogP contribution in [0, 0.1) is 6.92 Å². The molecule has 0 aliphatic rings. The van der Waals surface area contributed by atoms with Gasteiger partial charge in [-0.2, -0.15) is 13.2 Å². The van der Waals surface area contributed by atoms with Crippen molar-refractivity contribution in [2.45, 2.75) is 25.6 Å². The number of aryl methyl sites for hydroxylation is 1. The summed E-state index contributed by atoms with van der Waals surface area (Å²) >= 11 is 0. The van der Waals surface area contributed by atoms with Crippen molar-refractivity contribution in [1.29, 1.82) is 0 Å². The lowest BCUT2D eigenvalue weighted by atomic mass is 10.0. The lowest BCUT2D eigenvalue weighted by Crippen LogP contribution is -2.40. The van der Waals surface area contributed by atoms with Gasteiger partial charge >= 0.3 is 6.18 Å². The Morgan fingerprint density at radius 3 is 2.28 bits per heavy atom. The number of hydrogen-bond acceptors (Lipinski definition) is 3. The number of alkyl halides is 3. The first kappa shape index (κ1) is 23.3. The number of carbonyl (C=O) groups is 1. The second-order valence-corrected chi connectivity index (χ2v) is 7.48. The molecule has 0 saturated heterocycles. The smallest absolute Gasteiger partial charge is 0.416 e. The van der Waals surface area contributed by atoms with Crippen molar-refractivity contribution in [3.8, 4) is 5.75 Å². The molecular formula is C25H25F3N2O2. The molecule has 0 bridgehead atoms. The molecule has 1 atom stereocenters. The average molecular weight is 442 g/mol. The monoisotopic (exact) mass is 442 g/mol. The molecule has 168 valence electrons. The van der Waals surface area contributed by atoms with E-state index in [9.17, 15) is 18.0 Å². The van der Waals surface area contributed by atoms with Gasteiger partial charge in [-0.15, -0.1) is 0 Å². The first-order chi connectivity index (χ1) is 15.2. The summed E-state index contributed by atoms with van der Waals surface area (Å²) in [5.74, 6) is 0.283. The molecule has 0 spiro atoms. The van der Waals surface area contributed by atoms with Crippen molar-refractivity contribution in [3.63, 3.8) is 0 Å². The maximum Gasteiger partial charge on any atom is 0.416 e. The number of carbonyl (C=O) groups excluding carboxylic acids is 1. The van der Waals surface area contributed by atoms with Crippen molar-refractivity contribution in [2.75, 3.05) is 18.6 Å². The standard InChI is InChI=1S/C25H25F3N2O2/c1-17-8-13-21(32-2)16-22(17)30(24(31)23(29)19-6-4-3-5-7-19)15-14-18-9-11-20(12-10-18)25(26,27)28/h3-13,16,23H,14-15,29H2,1-2H3. The molecule has 0 saturated carbocycles. The number of amides is 1. The zero-order valence-electron chi connectivity index (χ0n) is 17.9. The number of nitrogens with zero attached hydrogens (tertiary/aromatic N) is 1. The summed E-state index contributed by atoms with van der Waals surface area (Å²) < 4.78 is 43.9. The normalized spacial score (nSPS) is 12.3. The van der Waals surface area contributed by atoms with Crippen molar-refractivity contribution in [2.24, 2.45) is 5.73 Å². The highest BCUT2D eigenvalue weighted by atomic mass is 19.4. The molecule has 0 radical (unpaired) electrons. The minimum atomic E-state index is -4.39. The SMILES string of the molecule is COc1ccc(C)c(N(CCc2ccc(C(F)(F)F)cc2)C(=O)C(N)c2ccccc2)c1. The minimum absolute atomic E-state index is 0.249. The number of anilines is 1. The third-order valence-corrected chi connectivity index (χ3v) is 5.30. The fourth-order valence-corrected chi connectivity index (χ4v) is 3.43. The van der Waals surface area contributed by atoms with Crippen LogP contribution in [-0.2, 0) is 17.4 Å². The van der Waals surface area contributed by atoms with Gasteiger partial charge in [-0.25, -0.2) is 0 Å². The molecule has 0 fully saturated rings. The molecule has 7 heteroatoms. The quantitative estimate of drug-likeness (QED) is 0.540. The maximum absolute atomic E-state index is 13.4. The molecule has 3 rings (SSSR count). The van der Waals surface area contributed by atoms with Crippen LogP contribution in [0.1, 0.15) is 28.3 Å². The van der Waals surface area contributed by atoms with E-state index in [0.717, 1.165) is 17.7 Å². The first-order valence-electron chi connectivity index (χ1n) is 10.1. The third-order valence-electron chi connectivity index (χ3n) is 5.30. The highest BCUT2D eigenvalue weighted by molar-refractivity contribution is 5.98.